The molecule has 3 nitrogen and oxygen atoms in total. The number of rotatable bonds is 3. The van der Waals surface area contributed by atoms with Crippen LogP contribution in [-0.4, -0.2) is 9.97 Å². The van der Waals surface area contributed by atoms with Crippen molar-refractivity contribution in [1.29, 1.82) is 0 Å². The third-order valence-corrected chi connectivity index (χ3v) is 2.55. The lowest BCUT2D eigenvalue weighted by Crippen LogP contribution is -1.96. The Morgan fingerprint density at radius 3 is 3.14 bits per heavy atom. The second-order valence-corrected chi connectivity index (χ2v) is 3.85. The van der Waals surface area contributed by atoms with Crippen LogP contribution in [0.15, 0.2) is 30.0 Å². The van der Waals surface area contributed by atoms with E-state index >= 15 is 0 Å². The molecule has 0 amide bonds. The molecule has 0 radical (unpaired) electrons. The van der Waals surface area contributed by atoms with Crippen LogP contribution in [-0.2, 0) is 6.61 Å². The second-order valence-electron chi connectivity index (χ2n) is 2.88. The van der Waals surface area contributed by atoms with Gasteiger partial charge in [-0.1, -0.05) is 6.07 Å². The molecule has 2 aromatic rings. The van der Waals surface area contributed by atoms with Crippen LogP contribution in [0.25, 0.3) is 0 Å². The molecular formula is C10H10N2OS. The Morgan fingerprint density at radius 1 is 1.50 bits per heavy atom. The van der Waals surface area contributed by atoms with Crippen molar-refractivity contribution in [2.45, 2.75) is 13.5 Å². The van der Waals surface area contributed by atoms with Gasteiger partial charge in [-0.25, -0.2) is 4.98 Å². The Bertz CT molecular complexity index is 400. The molecule has 2 heterocycles. The molecule has 2 rings (SSSR count). The predicted molar refractivity (Wildman–Crippen MR) is 55.4 cm³/mol. The summed E-state index contributed by atoms with van der Waals surface area (Å²) in [6, 6.07) is 3.88. The minimum atomic E-state index is 0.544. The van der Waals surface area contributed by atoms with Crippen LogP contribution in [0, 0.1) is 6.92 Å². The molecule has 72 valence electrons. The summed E-state index contributed by atoms with van der Waals surface area (Å²) in [7, 11) is 0. The maximum atomic E-state index is 5.54. The topological polar surface area (TPSA) is 35.0 Å². The normalized spacial score (nSPS) is 10.1. The van der Waals surface area contributed by atoms with E-state index in [2.05, 4.69) is 9.97 Å². The van der Waals surface area contributed by atoms with Gasteiger partial charge in [-0.2, -0.15) is 0 Å². The summed E-state index contributed by atoms with van der Waals surface area (Å²) in [4.78, 5) is 9.22. The van der Waals surface area contributed by atoms with Crippen LogP contribution in [0.1, 0.15) is 10.4 Å². The molecule has 0 aliphatic rings. The van der Waals surface area contributed by atoms with Crippen LogP contribution in [0.3, 0.4) is 0 Å². The molecule has 0 aliphatic carbocycles. The number of aryl methyl sites for hydroxylation is 1. The average Bonchev–Trinajstić information content (AvgIpc) is 2.69. The molecule has 4 heteroatoms. The first kappa shape index (κ1) is 9.15. The van der Waals surface area contributed by atoms with E-state index in [1.807, 2.05) is 25.3 Å². The number of pyridine rings is 1. The number of nitrogens with zero attached hydrogens (tertiary/aromatic N) is 2. The highest BCUT2D eigenvalue weighted by Crippen LogP contribution is 2.15. The minimum Gasteiger partial charge on any atom is -0.472 e. The Hall–Kier alpha value is -1.42. The molecule has 0 saturated carbocycles. The highest BCUT2D eigenvalue weighted by Gasteiger charge is 2.00. The Kier molecular flexibility index (Phi) is 2.74. The zero-order valence-electron chi connectivity index (χ0n) is 7.80. The molecule has 0 atom stereocenters. The summed E-state index contributed by atoms with van der Waals surface area (Å²) in [5.74, 6) is 0.695. The predicted octanol–water partition coefficient (Wildman–Crippen LogP) is 2.43. The van der Waals surface area contributed by atoms with Gasteiger partial charge in [0.2, 0.25) is 5.88 Å². The van der Waals surface area contributed by atoms with Crippen LogP contribution in [0.5, 0.6) is 5.88 Å². The Labute approximate surface area is 86.4 Å². The summed E-state index contributed by atoms with van der Waals surface area (Å²) >= 11 is 1.58. The zero-order valence-corrected chi connectivity index (χ0v) is 8.62. The second kappa shape index (κ2) is 4.19. The average molecular weight is 206 g/mol. The summed E-state index contributed by atoms with van der Waals surface area (Å²) in [5, 5.41) is 0. The van der Waals surface area contributed by atoms with Gasteiger partial charge in [0.25, 0.3) is 0 Å². The van der Waals surface area contributed by atoms with Gasteiger partial charge in [0, 0.05) is 18.0 Å². The summed E-state index contributed by atoms with van der Waals surface area (Å²) in [5.41, 5.74) is 2.85. The lowest BCUT2D eigenvalue weighted by molar-refractivity contribution is 0.295. The van der Waals surface area contributed by atoms with Gasteiger partial charge in [0.1, 0.15) is 6.61 Å². The van der Waals surface area contributed by atoms with E-state index in [9.17, 15) is 0 Å². The van der Waals surface area contributed by atoms with E-state index in [-0.39, 0.29) is 0 Å². The van der Waals surface area contributed by atoms with Crippen molar-refractivity contribution in [3.8, 4) is 5.88 Å². The van der Waals surface area contributed by atoms with Crippen molar-refractivity contribution in [2.24, 2.45) is 0 Å². The van der Waals surface area contributed by atoms with E-state index in [1.165, 1.54) is 0 Å². The van der Waals surface area contributed by atoms with E-state index in [0.717, 1.165) is 10.4 Å². The molecule has 0 N–H and O–H groups in total. The smallest absolute Gasteiger partial charge is 0.216 e. The van der Waals surface area contributed by atoms with Crippen LogP contribution in [0.2, 0.25) is 0 Å². The summed E-state index contributed by atoms with van der Waals surface area (Å²) in [6.45, 7) is 2.53. The molecule has 0 fully saturated rings. The van der Waals surface area contributed by atoms with E-state index < -0.39 is 0 Å². The zero-order chi connectivity index (χ0) is 9.80. The number of ether oxygens (including phenoxy) is 1. The highest BCUT2D eigenvalue weighted by molar-refractivity contribution is 7.09. The molecule has 0 aromatic carbocycles. The number of thiazole rings is 1. The Morgan fingerprint density at radius 2 is 2.43 bits per heavy atom. The van der Waals surface area contributed by atoms with Gasteiger partial charge in [-0.3, -0.25) is 4.98 Å². The SMILES string of the molecule is Cc1cccnc1OCc1cncs1. The fourth-order valence-corrected chi connectivity index (χ4v) is 1.58. The van der Waals surface area contributed by atoms with Crippen molar-refractivity contribution in [3.63, 3.8) is 0 Å². The fourth-order valence-electron chi connectivity index (χ4n) is 1.08. The number of hydrogen-bond donors (Lipinski definition) is 0. The van der Waals surface area contributed by atoms with E-state index in [0.29, 0.717) is 12.5 Å². The first-order chi connectivity index (χ1) is 6.86. The molecule has 0 aliphatic heterocycles. The first-order valence-electron chi connectivity index (χ1n) is 4.28. The van der Waals surface area contributed by atoms with E-state index in [1.54, 1.807) is 23.0 Å². The molecule has 14 heavy (non-hydrogen) atoms. The van der Waals surface area contributed by atoms with Gasteiger partial charge in [0.15, 0.2) is 0 Å². The standard InChI is InChI=1S/C10H10N2OS/c1-8-3-2-4-12-10(8)13-6-9-5-11-7-14-9/h2-5,7H,6H2,1H3. The van der Waals surface area contributed by atoms with E-state index in [4.69, 9.17) is 4.74 Å². The molecule has 2 aromatic heterocycles. The Balaban J connectivity index is 2.02. The van der Waals surface area contributed by atoms with Crippen molar-refractivity contribution < 1.29 is 4.74 Å². The molecule has 0 saturated heterocycles. The van der Waals surface area contributed by atoms with Crippen molar-refractivity contribution in [3.05, 3.63) is 40.5 Å². The molecule has 0 unspecified atom stereocenters. The van der Waals surface area contributed by atoms with Crippen LogP contribution in [0.4, 0.5) is 0 Å². The van der Waals surface area contributed by atoms with Gasteiger partial charge < -0.3 is 4.74 Å². The lowest BCUT2D eigenvalue weighted by atomic mass is 10.3. The van der Waals surface area contributed by atoms with Gasteiger partial charge in [-0.15, -0.1) is 11.3 Å². The fraction of sp³-hybridized carbons (Fsp3) is 0.200. The monoisotopic (exact) mass is 206 g/mol. The van der Waals surface area contributed by atoms with Gasteiger partial charge in [0.05, 0.1) is 10.4 Å². The lowest BCUT2D eigenvalue weighted by Gasteiger charge is -2.04. The van der Waals surface area contributed by atoms with Crippen molar-refractivity contribution in [2.75, 3.05) is 0 Å². The largest absolute Gasteiger partial charge is 0.472 e. The molecule has 0 bridgehead atoms. The minimum absolute atomic E-state index is 0.544. The van der Waals surface area contributed by atoms with Crippen LogP contribution < -0.4 is 4.74 Å². The number of aromatic nitrogens is 2. The molecule has 0 spiro atoms. The molecular weight excluding hydrogens is 196 g/mol. The third-order valence-electron chi connectivity index (χ3n) is 1.80. The van der Waals surface area contributed by atoms with Crippen molar-refractivity contribution in [1.82, 2.24) is 9.97 Å². The third kappa shape index (κ3) is 2.09. The number of hydrogen-bond acceptors (Lipinski definition) is 4. The summed E-state index contributed by atoms with van der Waals surface area (Å²) < 4.78 is 5.54. The van der Waals surface area contributed by atoms with Crippen molar-refractivity contribution >= 4 is 11.3 Å². The van der Waals surface area contributed by atoms with Gasteiger partial charge >= 0.3 is 0 Å². The quantitative estimate of drug-likeness (QED) is 0.773. The maximum Gasteiger partial charge on any atom is 0.216 e. The van der Waals surface area contributed by atoms with Gasteiger partial charge in [-0.05, 0) is 13.0 Å². The van der Waals surface area contributed by atoms with Crippen LogP contribution >= 0.6 is 11.3 Å². The highest BCUT2D eigenvalue weighted by atomic mass is 32.1. The summed E-state index contributed by atoms with van der Waals surface area (Å²) in [6.07, 6.45) is 3.54. The first-order valence-corrected chi connectivity index (χ1v) is 5.16. The maximum absolute atomic E-state index is 5.54.